The van der Waals surface area contributed by atoms with Crippen LogP contribution >= 0.6 is 23.1 Å². The predicted molar refractivity (Wildman–Crippen MR) is 94.3 cm³/mol. The third-order valence-electron chi connectivity index (χ3n) is 2.97. The van der Waals surface area contributed by atoms with E-state index in [4.69, 9.17) is 15.2 Å². The number of nitrogens with two attached hydrogens (primary N) is 1. The average Bonchev–Trinajstić information content (AvgIpc) is 2.91. The lowest BCUT2D eigenvalue weighted by molar-refractivity contribution is -0.115. The summed E-state index contributed by atoms with van der Waals surface area (Å²) >= 11 is 2.60. The predicted octanol–water partition coefficient (Wildman–Crippen LogP) is 2.30. The number of aryl methyl sites for hydroxylation is 1. The first-order valence-electron chi connectivity index (χ1n) is 6.86. The van der Waals surface area contributed by atoms with Crippen LogP contribution in [0.25, 0.3) is 0 Å². The number of amides is 2. The summed E-state index contributed by atoms with van der Waals surface area (Å²) in [6.07, 6.45) is 0. The fourth-order valence-electron chi connectivity index (χ4n) is 1.85. The van der Waals surface area contributed by atoms with Gasteiger partial charge in [0.2, 0.25) is 5.91 Å². The number of methoxy groups -OCH3 is 2. The van der Waals surface area contributed by atoms with Crippen molar-refractivity contribution in [3.8, 4) is 11.5 Å². The van der Waals surface area contributed by atoms with E-state index in [0.29, 0.717) is 22.2 Å². The number of carbonyl (C=O) groups is 2. The van der Waals surface area contributed by atoms with Gasteiger partial charge in [0.1, 0.15) is 0 Å². The number of aromatic nitrogens is 1. The lowest BCUT2D eigenvalue weighted by Crippen LogP contribution is -2.12. The Balaban J connectivity index is 2.12. The summed E-state index contributed by atoms with van der Waals surface area (Å²) in [5.74, 6) is 0.480. The van der Waals surface area contributed by atoms with Crippen molar-refractivity contribution in [3.05, 3.63) is 29.5 Å². The van der Waals surface area contributed by atoms with E-state index in [0.717, 1.165) is 9.90 Å². The standard InChI is InChI=1S/C15H17N3O4S2/c1-8-14(23-7-12(16)19)24-15(17-8)18-13(20)9-4-5-10(21-2)11(6-9)22-3/h4-6H,7H2,1-3H3,(H2,16,19)(H,17,18,20). The summed E-state index contributed by atoms with van der Waals surface area (Å²) in [5.41, 5.74) is 6.30. The summed E-state index contributed by atoms with van der Waals surface area (Å²) < 4.78 is 11.2. The number of rotatable bonds is 7. The Bertz CT molecular complexity index is 761. The molecule has 1 heterocycles. The minimum Gasteiger partial charge on any atom is -0.493 e. The molecule has 0 radical (unpaired) electrons. The molecule has 0 atom stereocenters. The van der Waals surface area contributed by atoms with Gasteiger partial charge in [-0.2, -0.15) is 0 Å². The van der Waals surface area contributed by atoms with Crippen LogP contribution in [0.5, 0.6) is 11.5 Å². The Kier molecular flexibility index (Phi) is 6.04. The number of hydrogen-bond acceptors (Lipinski definition) is 7. The van der Waals surface area contributed by atoms with E-state index in [1.807, 2.05) is 6.92 Å². The zero-order chi connectivity index (χ0) is 17.7. The number of carbonyl (C=O) groups excluding carboxylic acids is 2. The van der Waals surface area contributed by atoms with Crippen molar-refractivity contribution in [2.24, 2.45) is 5.73 Å². The Hall–Kier alpha value is -2.26. The molecular formula is C15H17N3O4S2. The van der Waals surface area contributed by atoms with Gasteiger partial charge in [-0.15, -0.1) is 11.8 Å². The van der Waals surface area contributed by atoms with Gasteiger partial charge >= 0.3 is 0 Å². The summed E-state index contributed by atoms with van der Waals surface area (Å²) in [5, 5.41) is 3.20. The number of primary amides is 1. The Morgan fingerprint density at radius 3 is 2.62 bits per heavy atom. The SMILES string of the molecule is COc1ccc(C(=O)Nc2nc(C)c(SCC(N)=O)s2)cc1OC. The molecule has 0 unspecified atom stereocenters. The highest BCUT2D eigenvalue weighted by Gasteiger charge is 2.15. The first-order chi connectivity index (χ1) is 11.4. The average molecular weight is 367 g/mol. The molecule has 9 heteroatoms. The highest BCUT2D eigenvalue weighted by molar-refractivity contribution is 8.01. The van der Waals surface area contributed by atoms with Gasteiger partial charge in [-0.05, 0) is 25.1 Å². The van der Waals surface area contributed by atoms with E-state index in [2.05, 4.69) is 10.3 Å². The fraction of sp³-hybridized carbons (Fsp3) is 0.267. The summed E-state index contributed by atoms with van der Waals surface area (Å²) in [4.78, 5) is 27.5. The lowest BCUT2D eigenvalue weighted by Gasteiger charge is -2.09. The van der Waals surface area contributed by atoms with Gasteiger partial charge in [-0.3, -0.25) is 14.9 Å². The molecule has 24 heavy (non-hydrogen) atoms. The van der Waals surface area contributed by atoms with Crippen LogP contribution < -0.4 is 20.5 Å². The minimum atomic E-state index is -0.399. The molecule has 0 spiro atoms. The molecule has 1 aromatic carbocycles. The van der Waals surface area contributed by atoms with Crippen molar-refractivity contribution < 1.29 is 19.1 Å². The van der Waals surface area contributed by atoms with Gasteiger partial charge in [-0.25, -0.2) is 4.98 Å². The normalized spacial score (nSPS) is 10.3. The number of anilines is 1. The minimum absolute atomic E-state index is 0.173. The number of thioether (sulfide) groups is 1. The number of nitrogens with one attached hydrogen (secondary N) is 1. The molecule has 0 bridgehead atoms. The molecule has 0 aliphatic heterocycles. The third-order valence-corrected chi connectivity index (χ3v) is 5.42. The molecule has 3 N–H and O–H groups in total. The third kappa shape index (κ3) is 4.39. The maximum Gasteiger partial charge on any atom is 0.257 e. The van der Waals surface area contributed by atoms with Crippen molar-refractivity contribution in [2.75, 3.05) is 25.3 Å². The topological polar surface area (TPSA) is 104 Å². The zero-order valence-corrected chi connectivity index (χ0v) is 15.0. The van der Waals surface area contributed by atoms with Gasteiger partial charge in [0.25, 0.3) is 5.91 Å². The second-order valence-electron chi connectivity index (χ2n) is 4.67. The van der Waals surface area contributed by atoms with Crippen LogP contribution in [0.3, 0.4) is 0 Å². The summed E-state index contributed by atoms with van der Waals surface area (Å²) in [6, 6.07) is 4.90. The Morgan fingerprint density at radius 1 is 1.29 bits per heavy atom. The van der Waals surface area contributed by atoms with E-state index >= 15 is 0 Å². The highest BCUT2D eigenvalue weighted by Crippen LogP contribution is 2.32. The van der Waals surface area contributed by atoms with Gasteiger partial charge < -0.3 is 15.2 Å². The Labute approximate surface area is 147 Å². The quantitative estimate of drug-likeness (QED) is 0.728. The van der Waals surface area contributed by atoms with Crippen LogP contribution in [0.4, 0.5) is 5.13 Å². The van der Waals surface area contributed by atoms with Crippen molar-refractivity contribution >= 4 is 40.0 Å². The van der Waals surface area contributed by atoms with Crippen LogP contribution in [-0.4, -0.2) is 36.8 Å². The molecule has 1 aromatic heterocycles. The molecule has 128 valence electrons. The molecule has 2 aromatic rings. The molecule has 7 nitrogen and oxygen atoms in total. The first-order valence-corrected chi connectivity index (χ1v) is 8.66. The number of thiazole rings is 1. The van der Waals surface area contributed by atoms with Crippen molar-refractivity contribution in [1.29, 1.82) is 0 Å². The lowest BCUT2D eigenvalue weighted by atomic mass is 10.2. The molecular weight excluding hydrogens is 350 g/mol. The molecule has 0 saturated carbocycles. The zero-order valence-electron chi connectivity index (χ0n) is 13.4. The van der Waals surface area contributed by atoms with Crippen LogP contribution in [-0.2, 0) is 4.79 Å². The molecule has 2 amide bonds. The second-order valence-corrected chi connectivity index (χ2v) is 6.91. The number of hydrogen-bond donors (Lipinski definition) is 2. The van der Waals surface area contributed by atoms with Crippen LogP contribution in [0, 0.1) is 6.92 Å². The molecule has 2 rings (SSSR count). The molecule has 0 aliphatic carbocycles. The van der Waals surface area contributed by atoms with Crippen molar-refractivity contribution in [1.82, 2.24) is 4.98 Å². The summed E-state index contributed by atoms with van der Waals surface area (Å²) in [6.45, 7) is 1.81. The molecule has 0 fully saturated rings. The van der Waals surface area contributed by atoms with Gasteiger partial charge in [-0.1, -0.05) is 11.3 Å². The van der Waals surface area contributed by atoms with Gasteiger partial charge in [0.05, 0.1) is 29.9 Å². The second kappa shape index (κ2) is 8.02. The van der Waals surface area contributed by atoms with Gasteiger partial charge in [0, 0.05) is 5.56 Å². The summed E-state index contributed by atoms with van der Waals surface area (Å²) in [7, 11) is 3.03. The van der Waals surface area contributed by atoms with Crippen LogP contribution in [0.15, 0.2) is 22.4 Å². The number of nitrogens with zero attached hydrogens (tertiary/aromatic N) is 1. The van der Waals surface area contributed by atoms with Crippen LogP contribution in [0.1, 0.15) is 16.1 Å². The maximum atomic E-state index is 12.3. The van der Waals surface area contributed by atoms with Crippen molar-refractivity contribution in [2.45, 2.75) is 11.1 Å². The fourth-order valence-corrected chi connectivity index (χ4v) is 3.73. The van der Waals surface area contributed by atoms with Gasteiger partial charge in [0.15, 0.2) is 16.6 Å². The van der Waals surface area contributed by atoms with Crippen molar-refractivity contribution in [3.63, 3.8) is 0 Å². The van der Waals surface area contributed by atoms with E-state index in [1.54, 1.807) is 18.2 Å². The van der Waals surface area contributed by atoms with E-state index in [-0.39, 0.29) is 11.7 Å². The number of ether oxygens (including phenoxy) is 2. The monoisotopic (exact) mass is 367 g/mol. The Morgan fingerprint density at radius 2 is 2.00 bits per heavy atom. The van der Waals surface area contributed by atoms with E-state index in [1.165, 1.54) is 37.3 Å². The van der Waals surface area contributed by atoms with E-state index in [9.17, 15) is 9.59 Å². The van der Waals surface area contributed by atoms with E-state index < -0.39 is 5.91 Å². The molecule has 0 aliphatic rings. The maximum absolute atomic E-state index is 12.3. The highest BCUT2D eigenvalue weighted by atomic mass is 32.2. The smallest absolute Gasteiger partial charge is 0.257 e. The largest absolute Gasteiger partial charge is 0.493 e. The van der Waals surface area contributed by atoms with Crippen LogP contribution in [0.2, 0.25) is 0 Å². The molecule has 0 saturated heterocycles. The number of benzene rings is 1. The first kappa shape index (κ1) is 18.1.